The van der Waals surface area contributed by atoms with Crippen molar-refractivity contribution in [2.24, 2.45) is 5.73 Å². The van der Waals surface area contributed by atoms with E-state index in [1.54, 1.807) is 48.5 Å². The minimum atomic E-state index is -0.617. The maximum absolute atomic E-state index is 12.6. The highest BCUT2D eigenvalue weighted by molar-refractivity contribution is 6.33. The second kappa shape index (κ2) is 9.87. The number of benzene rings is 3. The molecule has 1 atom stereocenters. The van der Waals surface area contributed by atoms with Gasteiger partial charge < -0.3 is 29.4 Å². The van der Waals surface area contributed by atoms with Gasteiger partial charge in [-0.05, 0) is 35.9 Å². The highest BCUT2D eigenvalue weighted by Crippen LogP contribution is 2.47. The number of hydrogen-bond donors (Lipinski definition) is 1. The summed E-state index contributed by atoms with van der Waals surface area (Å²) < 4.78 is 27.6. The van der Waals surface area contributed by atoms with Crippen LogP contribution in [0.25, 0.3) is 0 Å². The van der Waals surface area contributed by atoms with Crippen molar-refractivity contribution in [1.82, 2.24) is 0 Å². The van der Waals surface area contributed by atoms with Crippen molar-refractivity contribution in [2.75, 3.05) is 21.3 Å². The summed E-state index contributed by atoms with van der Waals surface area (Å²) in [4.78, 5) is 12.6. The van der Waals surface area contributed by atoms with Crippen LogP contribution in [0, 0.1) is 11.3 Å². The van der Waals surface area contributed by atoms with E-state index in [1.807, 2.05) is 0 Å². The Bertz CT molecular complexity index is 1350. The SMILES string of the molecule is COc1cc(C2C(C#N)=C(N)Oc3cc(OC(=O)c4ccccc4Cl)ccc32)cc(OC)c1OC. The second-order valence-corrected chi connectivity index (χ2v) is 7.86. The molecule has 0 amide bonds. The number of halogens is 1. The van der Waals surface area contributed by atoms with Gasteiger partial charge in [0.15, 0.2) is 11.5 Å². The van der Waals surface area contributed by atoms with Crippen LogP contribution in [0.2, 0.25) is 5.02 Å². The average Bonchev–Trinajstić information content (AvgIpc) is 2.86. The number of rotatable bonds is 6. The molecule has 0 saturated heterocycles. The Labute approximate surface area is 207 Å². The minimum absolute atomic E-state index is 0.0617. The maximum atomic E-state index is 12.6. The summed E-state index contributed by atoms with van der Waals surface area (Å²) in [5, 5.41) is 10.1. The first-order valence-corrected chi connectivity index (χ1v) is 10.8. The molecule has 1 heterocycles. The van der Waals surface area contributed by atoms with Gasteiger partial charge in [-0.15, -0.1) is 0 Å². The molecule has 9 heteroatoms. The van der Waals surface area contributed by atoms with Crippen LogP contribution >= 0.6 is 11.6 Å². The molecule has 0 bridgehead atoms. The van der Waals surface area contributed by atoms with E-state index in [2.05, 4.69) is 6.07 Å². The highest BCUT2D eigenvalue weighted by atomic mass is 35.5. The van der Waals surface area contributed by atoms with E-state index in [0.29, 0.717) is 34.1 Å². The number of fused-ring (bicyclic) bond motifs is 1. The van der Waals surface area contributed by atoms with Gasteiger partial charge in [0.1, 0.15) is 23.1 Å². The van der Waals surface area contributed by atoms with E-state index in [-0.39, 0.29) is 27.8 Å². The zero-order valence-corrected chi connectivity index (χ0v) is 19.9. The Balaban J connectivity index is 1.77. The topological polar surface area (TPSA) is 113 Å². The Morgan fingerprint density at radius 2 is 1.71 bits per heavy atom. The van der Waals surface area contributed by atoms with Gasteiger partial charge in [-0.1, -0.05) is 29.8 Å². The largest absolute Gasteiger partial charge is 0.493 e. The van der Waals surface area contributed by atoms with Gasteiger partial charge >= 0.3 is 5.97 Å². The molecule has 3 aromatic rings. The second-order valence-electron chi connectivity index (χ2n) is 7.45. The van der Waals surface area contributed by atoms with Gasteiger partial charge in [0.05, 0.1) is 37.8 Å². The van der Waals surface area contributed by atoms with E-state index in [9.17, 15) is 10.1 Å². The molecule has 0 fully saturated rings. The van der Waals surface area contributed by atoms with Crippen molar-refractivity contribution in [3.05, 3.63) is 87.8 Å². The van der Waals surface area contributed by atoms with Crippen LogP contribution in [0.5, 0.6) is 28.7 Å². The molecular weight excluding hydrogens is 472 g/mol. The lowest BCUT2D eigenvalue weighted by Gasteiger charge is -2.27. The number of methoxy groups -OCH3 is 3. The molecule has 2 N–H and O–H groups in total. The van der Waals surface area contributed by atoms with Crippen LogP contribution in [0.4, 0.5) is 0 Å². The third-order valence-corrected chi connectivity index (χ3v) is 5.84. The third-order valence-electron chi connectivity index (χ3n) is 5.52. The van der Waals surface area contributed by atoms with Crippen LogP contribution in [0.15, 0.2) is 66.1 Å². The highest BCUT2D eigenvalue weighted by Gasteiger charge is 2.32. The van der Waals surface area contributed by atoms with Crippen LogP contribution in [0.1, 0.15) is 27.4 Å². The van der Waals surface area contributed by atoms with Crippen molar-refractivity contribution >= 4 is 17.6 Å². The number of nitrogens with zero attached hydrogens (tertiary/aromatic N) is 1. The fraction of sp³-hybridized carbons (Fsp3) is 0.154. The zero-order chi connectivity index (χ0) is 25.1. The number of carbonyl (C=O) groups excluding carboxylic acids is 1. The normalized spacial score (nSPS) is 14.3. The molecule has 1 aliphatic heterocycles. The first kappa shape index (κ1) is 23.8. The Morgan fingerprint density at radius 1 is 1.03 bits per heavy atom. The lowest BCUT2D eigenvalue weighted by Crippen LogP contribution is -2.21. The predicted molar refractivity (Wildman–Crippen MR) is 128 cm³/mol. The van der Waals surface area contributed by atoms with Crippen molar-refractivity contribution < 1.29 is 28.5 Å². The summed E-state index contributed by atoms with van der Waals surface area (Å²) >= 11 is 6.10. The zero-order valence-electron chi connectivity index (χ0n) is 19.1. The lowest BCUT2D eigenvalue weighted by molar-refractivity contribution is 0.0734. The molecule has 1 aliphatic rings. The smallest absolute Gasteiger partial charge is 0.345 e. The minimum Gasteiger partial charge on any atom is -0.493 e. The molecule has 3 aromatic carbocycles. The number of allylic oxidation sites excluding steroid dienone is 1. The summed E-state index contributed by atoms with van der Waals surface area (Å²) in [6.07, 6.45) is 0. The van der Waals surface area contributed by atoms with Crippen molar-refractivity contribution in [2.45, 2.75) is 5.92 Å². The van der Waals surface area contributed by atoms with Gasteiger partial charge in [0.2, 0.25) is 11.6 Å². The van der Waals surface area contributed by atoms with E-state index in [1.165, 1.54) is 27.4 Å². The standard InChI is InChI=1S/C26H21ClN2O6/c1-31-21-10-14(11-22(32-2)24(21)33-3)23-17-9-8-15(12-20(17)35-25(29)18(23)13-28)34-26(30)16-6-4-5-7-19(16)27/h4-12,23H,29H2,1-3H3. The number of ether oxygens (including phenoxy) is 5. The number of esters is 1. The van der Waals surface area contributed by atoms with Crippen LogP contribution in [-0.2, 0) is 0 Å². The molecule has 8 nitrogen and oxygen atoms in total. The van der Waals surface area contributed by atoms with Crippen molar-refractivity contribution in [3.63, 3.8) is 0 Å². The lowest BCUT2D eigenvalue weighted by atomic mass is 9.83. The van der Waals surface area contributed by atoms with E-state index in [0.717, 1.165) is 0 Å². The molecule has 0 radical (unpaired) electrons. The summed E-state index contributed by atoms with van der Waals surface area (Å²) in [5.41, 5.74) is 7.87. The summed E-state index contributed by atoms with van der Waals surface area (Å²) in [7, 11) is 4.52. The molecule has 4 rings (SSSR count). The van der Waals surface area contributed by atoms with Gasteiger partial charge in [-0.3, -0.25) is 0 Å². The fourth-order valence-corrected chi connectivity index (χ4v) is 4.11. The van der Waals surface area contributed by atoms with E-state index in [4.69, 9.17) is 41.0 Å². The first-order chi connectivity index (χ1) is 16.9. The molecule has 1 unspecified atom stereocenters. The van der Waals surface area contributed by atoms with E-state index < -0.39 is 11.9 Å². The van der Waals surface area contributed by atoms with Crippen LogP contribution < -0.4 is 29.4 Å². The number of nitrogens with two attached hydrogens (primary N) is 1. The van der Waals surface area contributed by atoms with E-state index >= 15 is 0 Å². The molecular formula is C26H21ClN2O6. The summed E-state index contributed by atoms with van der Waals surface area (Å²) in [6.45, 7) is 0. The molecule has 0 spiro atoms. The maximum Gasteiger partial charge on any atom is 0.345 e. The monoisotopic (exact) mass is 492 g/mol. The summed E-state index contributed by atoms with van der Waals surface area (Å²) in [5.74, 6) is 0.568. The van der Waals surface area contributed by atoms with Crippen molar-refractivity contribution in [3.8, 4) is 34.8 Å². The van der Waals surface area contributed by atoms with Gasteiger partial charge in [-0.25, -0.2) is 4.79 Å². The Kier molecular flexibility index (Phi) is 6.71. The number of nitriles is 1. The Hall–Kier alpha value is -4.35. The predicted octanol–water partition coefficient (Wildman–Crippen LogP) is 4.80. The summed E-state index contributed by atoms with van der Waals surface area (Å²) in [6, 6.07) is 17.1. The molecule has 0 aromatic heterocycles. The third kappa shape index (κ3) is 4.42. The Morgan fingerprint density at radius 3 is 2.31 bits per heavy atom. The van der Waals surface area contributed by atoms with Gasteiger partial charge in [0.25, 0.3) is 0 Å². The van der Waals surface area contributed by atoms with Crippen molar-refractivity contribution in [1.29, 1.82) is 5.26 Å². The fourth-order valence-electron chi connectivity index (χ4n) is 3.90. The van der Waals surface area contributed by atoms with Crippen LogP contribution in [-0.4, -0.2) is 27.3 Å². The first-order valence-electron chi connectivity index (χ1n) is 10.4. The average molecular weight is 493 g/mol. The number of hydrogen-bond acceptors (Lipinski definition) is 8. The number of carbonyl (C=O) groups is 1. The van der Waals surface area contributed by atoms with Gasteiger partial charge in [-0.2, -0.15) is 5.26 Å². The van der Waals surface area contributed by atoms with Crippen LogP contribution in [0.3, 0.4) is 0 Å². The quantitative estimate of drug-likeness (QED) is 0.385. The van der Waals surface area contributed by atoms with Gasteiger partial charge in [0, 0.05) is 11.6 Å². The molecule has 0 saturated carbocycles. The molecule has 0 aliphatic carbocycles. The molecule has 178 valence electrons. The molecule has 35 heavy (non-hydrogen) atoms.